The fourth-order valence-electron chi connectivity index (χ4n) is 4.53. The smallest absolute Gasteiger partial charge is 0.345 e. The Bertz CT molecular complexity index is 667. The van der Waals surface area contributed by atoms with Crippen molar-refractivity contribution in [3.8, 4) is 0 Å². The molecule has 152 valence electrons. The number of aromatic nitrogens is 3. The molecular formula is C20H34N4O3. The number of hydrogen-bond acceptors (Lipinski definition) is 4. The molecule has 0 bridgehead atoms. The number of nitrogens with zero attached hydrogens (tertiary/aromatic N) is 4. The predicted molar refractivity (Wildman–Crippen MR) is 104 cm³/mol. The van der Waals surface area contributed by atoms with E-state index in [1.807, 2.05) is 11.8 Å². The van der Waals surface area contributed by atoms with Gasteiger partial charge in [0.05, 0.1) is 13.2 Å². The molecule has 0 spiro atoms. The first-order valence-corrected chi connectivity index (χ1v) is 10.6. The minimum atomic E-state index is -0.0552. The van der Waals surface area contributed by atoms with Gasteiger partial charge in [0.25, 0.3) is 0 Å². The fraction of sp³-hybridized carbons (Fsp3) is 0.850. The normalized spacial score (nSPS) is 19.6. The molecule has 0 unspecified atom stereocenters. The molecule has 0 atom stereocenters. The molecule has 1 aromatic heterocycles. The Morgan fingerprint density at radius 2 is 1.85 bits per heavy atom. The number of hydrogen-bond donors (Lipinski definition) is 0. The summed E-state index contributed by atoms with van der Waals surface area (Å²) in [5.74, 6) is 2.03. The lowest BCUT2D eigenvalue weighted by Crippen LogP contribution is -2.39. The minimum absolute atomic E-state index is 0.0552. The van der Waals surface area contributed by atoms with Crippen LogP contribution in [-0.2, 0) is 22.6 Å². The zero-order valence-corrected chi connectivity index (χ0v) is 16.9. The van der Waals surface area contributed by atoms with Crippen LogP contribution in [0.15, 0.2) is 4.79 Å². The number of methoxy groups -OCH3 is 1. The van der Waals surface area contributed by atoms with Crippen LogP contribution in [0.2, 0.25) is 0 Å². The number of rotatable bonds is 7. The highest BCUT2D eigenvalue weighted by Crippen LogP contribution is 2.30. The quantitative estimate of drug-likeness (QED) is 0.730. The van der Waals surface area contributed by atoms with Gasteiger partial charge in [0, 0.05) is 39.1 Å². The van der Waals surface area contributed by atoms with E-state index in [2.05, 4.69) is 5.10 Å². The maximum atomic E-state index is 12.6. The van der Waals surface area contributed by atoms with Crippen molar-refractivity contribution in [2.24, 2.45) is 5.92 Å². The lowest BCUT2D eigenvalue weighted by molar-refractivity contribution is -0.133. The molecule has 27 heavy (non-hydrogen) atoms. The summed E-state index contributed by atoms with van der Waals surface area (Å²) in [4.78, 5) is 27.2. The molecule has 0 aromatic carbocycles. The van der Waals surface area contributed by atoms with Crippen molar-refractivity contribution in [1.29, 1.82) is 0 Å². The second-order valence-corrected chi connectivity index (χ2v) is 7.96. The topological polar surface area (TPSA) is 69.4 Å². The fourth-order valence-corrected chi connectivity index (χ4v) is 4.53. The first-order valence-electron chi connectivity index (χ1n) is 10.6. The van der Waals surface area contributed by atoms with Gasteiger partial charge in [0.15, 0.2) is 0 Å². The second-order valence-electron chi connectivity index (χ2n) is 7.96. The second kappa shape index (κ2) is 9.53. The Hall–Kier alpha value is -1.63. The summed E-state index contributed by atoms with van der Waals surface area (Å²) in [5, 5.41) is 4.59. The SMILES string of the molecule is CCn1c(C2CCN(C(=O)CC3CCCCC3)CC2)nn(CCOC)c1=O. The molecule has 2 aliphatic rings. The third-order valence-corrected chi connectivity index (χ3v) is 6.18. The average molecular weight is 379 g/mol. The van der Waals surface area contributed by atoms with Gasteiger partial charge >= 0.3 is 5.69 Å². The van der Waals surface area contributed by atoms with Gasteiger partial charge in [0.1, 0.15) is 5.82 Å². The van der Waals surface area contributed by atoms with E-state index in [1.54, 1.807) is 11.7 Å². The van der Waals surface area contributed by atoms with Crippen molar-refractivity contribution in [1.82, 2.24) is 19.2 Å². The molecule has 1 saturated carbocycles. The summed E-state index contributed by atoms with van der Waals surface area (Å²) in [6, 6.07) is 0. The molecule has 1 aliphatic heterocycles. The Morgan fingerprint density at radius 3 is 2.48 bits per heavy atom. The first-order chi connectivity index (χ1) is 13.1. The third kappa shape index (κ3) is 4.81. The van der Waals surface area contributed by atoms with Crippen LogP contribution in [-0.4, -0.2) is 52.0 Å². The van der Waals surface area contributed by atoms with E-state index >= 15 is 0 Å². The van der Waals surface area contributed by atoms with Crippen molar-refractivity contribution in [2.45, 2.75) is 77.3 Å². The zero-order valence-electron chi connectivity index (χ0n) is 16.9. The molecule has 7 nitrogen and oxygen atoms in total. The van der Waals surface area contributed by atoms with Gasteiger partial charge in [-0.3, -0.25) is 9.36 Å². The van der Waals surface area contributed by atoms with Gasteiger partial charge in [-0.05, 0) is 38.5 Å². The maximum absolute atomic E-state index is 12.6. The molecule has 1 amide bonds. The van der Waals surface area contributed by atoms with Crippen molar-refractivity contribution >= 4 is 5.91 Å². The van der Waals surface area contributed by atoms with Crippen LogP contribution in [0.5, 0.6) is 0 Å². The Balaban J connectivity index is 1.58. The molecule has 1 aliphatic carbocycles. The summed E-state index contributed by atoms with van der Waals surface area (Å²) in [6.45, 7) is 5.12. The summed E-state index contributed by atoms with van der Waals surface area (Å²) >= 11 is 0. The first kappa shape index (κ1) is 20.1. The van der Waals surface area contributed by atoms with Crippen molar-refractivity contribution in [3.05, 3.63) is 16.3 Å². The van der Waals surface area contributed by atoms with Gasteiger partial charge in [-0.1, -0.05) is 19.3 Å². The molecule has 1 saturated heterocycles. The predicted octanol–water partition coefficient (Wildman–Crippen LogP) is 2.39. The number of carbonyl (C=O) groups excluding carboxylic acids is 1. The monoisotopic (exact) mass is 378 g/mol. The van der Waals surface area contributed by atoms with E-state index in [4.69, 9.17) is 4.74 Å². The van der Waals surface area contributed by atoms with E-state index in [-0.39, 0.29) is 11.6 Å². The number of ether oxygens (including phenoxy) is 1. The molecule has 1 aromatic rings. The molecule has 7 heteroatoms. The average Bonchev–Trinajstić information content (AvgIpc) is 3.02. The van der Waals surface area contributed by atoms with Crippen LogP contribution >= 0.6 is 0 Å². The molecule has 3 rings (SSSR count). The van der Waals surface area contributed by atoms with Crippen LogP contribution in [0, 0.1) is 5.92 Å². The van der Waals surface area contributed by atoms with Crippen molar-refractivity contribution in [3.63, 3.8) is 0 Å². The highest BCUT2D eigenvalue weighted by Gasteiger charge is 2.29. The Labute approximate surface area is 161 Å². The summed E-state index contributed by atoms with van der Waals surface area (Å²) in [7, 11) is 1.63. The third-order valence-electron chi connectivity index (χ3n) is 6.18. The zero-order chi connectivity index (χ0) is 19.2. The van der Waals surface area contributed by atoms with Gasteiger partial charge in [0.2, 0.25) is 5.91 Å². The van der Waals surface area contributed by atoms with E-state index in [9.17, 15) is 9.59 Å². The van der Waals surface area contributed by atoms with Crippen LogP contribution < -0.4 is 5.69 Å². The van der Waals surface area contributed by atoms with Crippen molar-refractivity contribution in [2.75, 3.05) is 26.8 Å². The van der Waals surface area contributed by atoms with Crippen LogP contribution in [0.3, 0.4) is 0 Å². The standard InChI is InChI=1S/C20H34N4O3/c1-3-23-19(21-24(20(23)26)13-14-27-2)17-9-11-22(12-10-17)18(25)15-16-7-5-4-6-8-16/h16-17H,3-15H2,1-2H3. The lowest BCUT2D eigenvalue weighted by Gasteiger charge is -2.33. The van der Waals surface area contributed by atoms with E-state index in [1.165, 1.54) is 36.8 Å². The van der Waals surface area contributed by atoms with Gasteiger partial charge < -0.3 is 9.64 Å². The molecule has 0 N–H and O–H groups in total. The summed E-state index contributed by atoms with van der Waals surface area (Å²) in [6.07, 6.45) is 8.80. The number of amides is 1. The highest BCUT2D eigenvalue weighted by atomic mass is 16.5. The highest BCUT2D eigenvalue weighted by molar-refractivity contribution is 5.76. The van der Waals surface area contributed by atoms with Crippen LogP contribution in [0.4, 0.5) is 0 Å². The molecular weight excluding hydrogens is 344 g/mol. The van der Waals surface area contributed by atoms with E-state index in [0.717, 1.165) is 38.2 Å². The van der Waals surface area contributed by atoms with Gasteiger partial charge in [-0.2, -0.15) is 5.10 Å². The molecule has 2 heterocycles. The number of piperidine rings is 1. The summed E-state index contributed by atoms with van der Waals surface area (Å²) in [5.41, 5.74) is -0.0552. The maximum Gasteiger partial charge on any atom is 0.345 e. The van der Waals surface area contributed by atoms with Crippen LogP contribution in [0.1, 0.15) is 70.0 Å². The van der Waals surface area contributed by atoms with Gasteiger partial charge in [-0.15, -0.1) is 0 Å². The summed E-state index contributed by atoms with van der Waals surface area (Å²) < 4.78 is 8.37. The number of likely N-dealkylation sites (tertiary alicyclic amines) is 1. The molecule has 2 fully saturated rings. The minimum Gasteiger partial charge on any atom is -0.383 e. The Kier molecular flexibility index (Phi) is 7.10. The number of carbonyl (C=O) groups is 1. The Morgan fingerprint density at radius 1 is 1.15 bits per heavy atom. The lowest BCUT2D eigenvalue weighted by atomic mass is 9.86. The largest absolute Gasteiger partial charge is 0.383 e. The molecule has 0 radical (unpaired) electrons. The van der Waals surface area contributed by atoms with E-state index in [0.29, 0.717) is 31.5 Å². The van der Waals surface area contributed by atoms with Gasteiger partial charge in [-0.25, -0.2) is 9.48 Å². The van der Waals surface area contributed by atoms with Crippen LogP contribution in [0.25, 0.3) is 0 Å². The van der Waals surface area contributed by atoms with Crippen molar-refractivity contribution < 1.29 is 9.53 Å². The van der Waals surface area contributed by atoms with E-state index < -0.39 is 0 Å².